The molecule has 1 rings (SSSR count). The summed E-state index contributed by atoms with van der Waals surface area (Å²) in [6.45, 7) is 4.08. The number of nitrogens with zero attached hydrogens (tertiary/aromatic N) is 4. The third-order valence-electron chi connectivity index (χ3n) is 2.22. The van der Waals surface area contributed by atoms with Gasteiger partial charge in [0, 0.05) is 0 Å². The molecule has 0 fully saturated rings. The van der Waals surface area contributed by atoms with E-state index in [1.807, 2.05) is 44.2 Å². The minimum Gasteiger partial charge on any atom is -0.368 e. The molecule has 1 aromatic rings. The van der Waals surface area contributed by atoms with Crippen molar-refractivity contribution in [1.29, 1.82) is 5.26 Å². The zero-order valence-corrected chi connectivity index (χ0v) is 10.9. The summed E-state index contributed by atoms with van der Waals surface area (Å²) in [5, 5.41) is 12.5. The lowest BCUT2D eigenvalue weighted by Gasteiger charge is -2.10. The Kier molecular flexibility index (Phi) is 5.76. The fraction of sp³-hybridized carbons (Fsp3) is 0.231. The monoisotopic (exact) mass is 256 g/mol. The van der Waals surface area contributed by atoms with Crippen LogP contribution in [0.25, 0.3) is 0 Å². The van der Waals surface area contributed by atoms with Crippen LogP contribution in [0.2, 0.25) is 0 Å². The number of guanidine groups is 1. The number of nitrogens with two attached hydrogens (primary N) is 1. The standard InChI is InChI=1S/C13H16N6/c1-10(2)12(11-6-4-3-5-7-11)18-19-13(15)17-9-16-8-14/h3-7,9-10H,1-2H3,(H3,15,16,17,19)/b18-12+. The van der Waals surface area contributed by atoms with Gasteiger partial charge in [0.1, 0.15) is 6.34 Å². The van der Waals surface area contributed by atoms with E-state index in [1.165, 1.54) is 0 Å². The van der Waals surface area contributed by atoms with E-state index in [4.69, 9.17) is 11.0 Å². The van der Waals surface area contributed by atoms with Gasteiger partial charge in [-0.15, -0.1) is 0 Å². The Bertz CT molecular complexity index is 522. The van der Waals surface area contributed by atoms with E-state index in [1.54, 1.807) is 6.19 Å². The van der Waals surface area contributed by atoms with Crippen molar-refractivity contribution in [2.75, 3.05) is 0 Å². The van der Waals surface area contributed by atoms with Crippen LogP contribution in [0.1, 0.15) is 19.4 Å². The smallest absolute Gasteiger partial charge is 0.215 e. The van der Waals surface area contributed by atoms with Crippen molar-refractivity contribution in [3.63, 3.8) is 0 Å². The molecule has 0 aliphatic rings. The van der Waals surface area contributed by atoms with Crippen LogP contribution < -0.4 is 11.2 Å². The summed E-state index contributed by atoms with van der Waals surface area (Å²) in [5.41, 5.74) is 10.1. The van der Waals surface area contributed by atoms with Gasteiger partial charge in [-0.1, -0.05) is 44.2 Å². The average Bonchev–Trinajstić information content (AvgIpc) is 2.40. The highest BCUT2D eigenvalue weighted by molar-refractivity contribution is 6.02. The second-order valence-electron chi connectivity index (χ2n) is 3.99. The summed E-state index contributed by atoms with van der Waals surface area (Å²) in [5.74, 6) is 0.309. The molecule has 1 aromatic carbocycles. The van der Waals surface area contributed by atoms with E-state index in [2.05, 4.69) is 20.5 Å². The molecule has 98 valence electrons. The first kappa shape index (κ1) is 14.4. The van der Waals surface area contributed by atoms with Crippen LogP contribution in [0.15, 0.2) is 45.4 Å². The van der Waals surface area contributed by atoms with Crippen molar-refractivity contribution < 1.29 is 0 Å². The van der Waals surface area contributed by atoms with Crippen LogP contribution in [0.3, 0.4) is 0 Å². The number of rotatable bonds is 4. The van der Waals surface area contributed by atoms with Crippen molar-refractivity contribution in [1.82, 2.24) is 5.43 Å². The van der Waals surface area contributed by atoms with E-state index < -0.39 is 0 Å². The molecule has 6 heteroatoms. The van der Waals surface area contributed by atoms with Gasteiger partial charge in [-0.25, -0.2) is 10.4 Å². The van der Waals surface area contributed by atoms with Crippen molar-refractivity contribution in [2.45, 2.75) is 13.8 Å². The summed E-state index contributed by atoms with van der Waals surface area (Å²) >= 11 is 0. The lowest BCUT2D eigenvalue weighted by atomic mass is 10.0. The maximum atomic E-state index is 8.21. The normalized spacial score (nSPS) is 12.7. The van der Waals surface area contributed by atoms with Crippen LogP contribution in [0.5, 0.6) is 0 Å². The summed E-state index contributed by atoms with van der Waals surface area (Å²) < 4.78 is 0. The van der Waals surface area contributed by atoms with Crippen LogP contribution >= 0.6 is 0 Å². The van der Waals surface area contributed by atoms with Gasteiger partial charge >= 0.3 is 0 Å². The number of hydrazone groups is 1. The summed E-state index contributed by atoms with van der Waals surface area (Å²) in [6, 6.07) is 9.80. The van der Waals surface area contributed by atoms with Gasteiger partial charge in [0.05, 0.1) is 5.71 Å². The Labute approximate surface area is 112 Å². The summed E-state index contributed by atoms with van der Waals surface area (Å²) in [4.78, 5) is 6.96. The SMILES string of the molecule is CC(C)/C(=N\NC(N)=NC=NC#N)c1ccccc1. The molecule has 0 aromatic heterocycles. The van der Waals surface area contributed by atoms with Crippen LogP contribution in [0, 0.1) is 17.4 Å². The van der Waals surface area contributed by atoms with Crippen LogP contribution in [-0.2, 0) is 0 Å². The first-order valence-electron chi connectivity index (χ1n) is 5.78. The second kappa shape index (κ2) is 7.61. The van der Waals surface area contributed by atoms with Crippen molar-refractivity contribution >= 4 is 18.0 Å². The molecule has 0 radical (unpaired) electrons. The van der Waals surface area contributed by atoms with Gasteiger partial charge in [-0.05, 0) is 11.5 Å². The molecule has 0 spiro atoms. The Morgan fingerprint density at radius 3 is 2.63 bits per heavy atom. The second-order valence-corrected chi connectivity index (χ2v) is 3.99. The van der Waals surface area contributed by atoms with E-state index >= 15 is 0 Å². The molecule has 0 aliphatic carbocycles. The van der Waals surface area contributed by atoms with Crippen LogP contribution in [0.4, 0.5) is 0 Å². The Hall–Kier alpha value is -2.68. The Morgan fingerprint density at radius 1 is 1.37 bits per heavy atom. The summed E-state index contributed by atoms with van der Waals surface area (Å²) in [7, 11) is 0. The molecule has 0 saturated heterocycles. The fourth-order valence-corrected chi connectivity index (χ4v) is 1.40. The topological polar surface area (TPSA) is 98.9 Å². The van der Waals surface area contributed by atoms with Gasteiger partial charge in [0.25, 0.3) is 0 Å². The maximum Gasteiger partial charge on any atom is 0.215 e. The molecule has 0 atom stereocenters. The lowest BCUT2D eigenvalue weighted by Crippen LogP contribution is -2.29. The van der Waals surface area contributed by atoms with E-state index in [0.29, 0.717) is 0 Å². The molecule has 0 amide bonds. The van der Waals surface area contributed by atoms with Crippen molar-refractivity contribution in [2.24, 2.45) is 26.7 Å². The van der Waals surface area contributed by atoms with Gasteiger partial charge in [-0.2, -0.15) is 15.4 Å². The molecule has 0 bridgehead atoms. The third kappa shape index (κ3) is 5.00. The molecular weight excluding hydrogens is 240 g/mol. The molecule has 3 N–H and O–H groups in total. The Balaban J connectivity index is 2.84. The largest absolute Gasteiger partial charge is 0.368 e. The minimum absolute atomic E-state index is 0.0769. The predicted molar refractivity (Wildman–Crippen MR) is 76.7 cm³/mol. The van der Waals surface area contributed by atoms with Crippen molar-refractivity contribution in [3.05, 3.63) is 35.9 Å². The molecule has 0 unspecified atom stereocenters. The lowest BCUT2D eigenvalue weighted by molar-refractivity contribution is 0.858. The number of hydrogen-bond donors (Lipinski definition) is 2. The number of nitriles is 1. The number of nitrogens with one attached hydrogen (secondary N) is 1. The molecular formula is C13H16N6. The molecule has 0 heterocycles. The van der Waals surface area contributed by atoms with E-state index in [9.17, 15) is 0 Å². The third-order valence-corrected chi connectivity index (χ3v) is 2.22. The minimum atomic E-state index is 0.0769. The highest BCUT2D eigenvalue weighted by Crippen LogP contribution is 2.08. The Morgan fingerprint density at radius 2 is 2.05 bits per heavy atom. The molecule has 0 aliphatic heterocycles. The van der Waals surface area contributed by atoms with Gasteiger partial charge in [0.15, 0.2) is 0 Å². The maximum absolute atomic E-state index is 8.21. The number of aliphatic imine (C=N–C) groups is 2. The van der Waals surface area contributed by atoms with Crippen LogP contribution in [-0.4, -0.2) is 18.0 Å². The zero-order valence-electron chi connectivity index (χ0n) is 10.9. The van der Waals surface area contributed by atoms with E-state index in [0.717, 1.165) is 17.6 Å². The van der Waals surface area contributed by atoms with E-state index in [-0.39, 0.29) is 11.9 Å². The average molecular weight is 256 g/mol. The summed E-state index contributed by atoms with van der Waals surface area (Å²) in [6.07, 6.45) is 2.64. The molecule has 0 saturated carbocycles. The number of benzene rings is 1. The molecule has 19 heavy (non-hydrogen) atoms. The molecule has 6 nitrogen and oxygen atoms in total. The van der Waals surface area contributed by atoms with Gasteiger partial charge < -0.3 is 5.73 Å². The highest BCUT2D eigenvalue weighted by Gasteiger charge is 2.07. The first-order valence-corrected chi connectivity index (χ1v) is 5.78. The highest BCUT2D eigenvalue weighted by atomic mass is 15.4. The fourth-order valence-electron chi connectivity index (χ4n) is 1.40. The van der Waals surface area contributed by atoms with Gasteiger partial charge in [0.2, 0.25) is 12.2 Å². The first-order chi connectivity index (χ1) is 9.15. The predicted octanol–water partition coefficient (Wildman–Crippen LogP) is 1.46. The van der Waals surface area contributed by atoms with Gasteiger partial charge in [-0.3, -0.25) is 0 Å². The zero-order chi connectivity index (χ0) is 14.1. The van der Waals surface area contributed by atoms with Crippen molar-refractivity contribution in [3.8, 4) is 6.19 Å². The quantitative estimate of drug-likeness (QED) is 0.369. The number of hydrogen-bond acceptors (Lipinski definition) is 3.